The second-order valence-corrected chi connectivity index (χ2v) is 5.47. The Morgan fingerprint density at radius 2 is 1.90 bits per heavy atom. The highest BCUT2D eigenvalue weighted by atomic mass is 16.8. The fourth-order valence-electron chi connectivity index (χ4n) is 2.46. The Kier molecular flexibility index (Phi) is 2.86. The van der Waals surface area contributed by atoms with E-state index in [2.05, 4.69) is 0 Å². The van der Waals surface area contributed by atoms with Gasteiger partial charge in [-0.1, -0.05) is 12.1 Å². The summed E-state index contributed by atoms with van der Waals surface area (Å²) in [6, 6.07) is 9.60. The molecule has 0 spiro atoms. The first-order chi connectivity index (χ1) is 9.87. The molecular formula is C16H16NO4+. The summed E-state index contributed by atoms with van der Waals surface area (Å²) >= 11 is 0. The summed E-state index contributed by atoms with van der Waals surface area (Å²) < 4.78 is 12.3. The van der Waals surface area contributed by atoms with Gasteiger partial charge in [0.2, 0.25) is 5.52 Å². The number of cyclic esters (lactones) is 1. The van der Waals surface area contributed by atoms with Gasteiger partial charge in [0.05, 0.1) is 5.56 Å². The zero-order valence-electron chi connectivity index (χ0n) is 12.1. The number of nitrogens with zero attached hydrogens (tertiary/aromatic N) is 1. The summed E-state index contributed by atoms with van der Waals surface area (Å²) in [6.45, 7) is 3.14. The topological polar surface area (TPSA) is 59.6 Å². The lowest BCUT2D eigenvalue weighted by Crippen LogP contribution is -2.37. The number of rotatable bonds is 1. The summed E-state index contributed by atoms with van der Waals surface area (Å²) in [6.07, 6.45) is 1.76. The summed E-state index contributed by atoms with van der Waals surface area (Å²) in [7, 11) is 1.88. The average Bonchev–Trinajstić information content (AvgIpc) is 2.36. The number of carbonyl (C=O) groups excluding carboxylic acids is 1. The lowest BCUT2D eigenvalue weighted by Gasteiger charge is -2.30. The van der Waals surface area contributed by atoms with E-state index in [1.54, 1.807) is 20.0 Å². The van der Waals surface area contributed by atoms with Crippen LogP contribution in [0.4, 0.5) is 0 Å². The van der Waals surface area contributed by atoms with Crippen LogP contribution in [0.5, 0.6) is 0 Å². The molecule has 1 aliphatic rings. The van der Waals surface area contributed by atoms with Gasteiger partial charge in [-0.25, -0.2) is 9.36 Å². The smallest absolute Gasteiger partial charge is 0.349 e. The van der Waals surface area contributed by atoms with Gasteiger partial charge >= 0.3 is 5.97 Å². The van der Waals surface area contributed by atoms with Crippen LogP contribution >= 0.6 is 0 Å². The molecule has 0 aliphatic carbocycles. The van der Waals surface area contributed by atoms with Gasteiger partial charge in [0.15, 0.2) is 11.8 Å². The molecule has 0 unspecified atom stereocenters. The maximum atomic E-state index is 12.1. The Hall–Kier alpha value is -2.56. The molecule has 5 heteroatoms. The molecule has 2 aromatic rings. The minimum atomic E-state index is -1.16. The van der Waals surface area contributed by atoms with Crippen molar-refractivity contribution in [1.82, 2.24) is 0 Å². The Morgan fingerprint density at radius 1 is 1.19 bits per heavy atom. The molecule has 3 rings (SSSR count). The highest BCUT2D eigenvalue weighted by Gasteiger charge is 2.37. The van der Waals surface area contributed by atoms with E-state index in [1.165, 1.54) is 0 Å². The molecule has 5 nitrogen and oxygen atoms in total. The fraction of sp³-hybridized carbons (Fsp3) is 0.250. The van der Waals surface area contributed by atoms with Gasteiger partial charge in [-0.2, -0.15) is 0 Å². The number of hydrogen-bond acceptors (Lipinski definition) is 4. The minimum Gasteiger partial charge on any atom is -0.480 e. The summed E-state index contributed by atoms with van der Waals surface area (Å²) in [5, 5.41) is 11.0. The fourth-order valence-corrected chi connectivity index (χ4v) is 2.46. The number of aliphatic hydroxyl groups excluding tert-OH is 1. The van der Waals surface area contributed by atoms with Crippen molar-refractivity contribution < 1.29 is 23.9 Å². The van der Waals surface area contributed by atoms with Crippen molar-refractivity contribution in [3.63, 3.8) is 0 Å². The number of esters is 1. The number of carbonyl (C=O) groups is 1. The number of aryl methyl sites for hydroxylation is 1. The quantitative estimate of drug-likeness (QED) is 0.645. The van der Waals surface area contributed by atoms with Crippen LogP contribution in [0.25, 0.3) is 16.5 Å². The predicted molar refractivity (Wildman–Crippen MR) is 75.9 cm³/mol. The standard InChI is InChI=1S/C16H15NO4/c1-16(2)20-14(18)13(15(19)21-16)11-8-10-6-4-5-7-12(10)17(3)9-11/h4-9H,1-3H3/p+1. The molecule has 2 heterocycles. The average molecular weight is 286 g/mol. The van der Waals surface area contributed by atoms with Gasteiger partial charge in [0, 0.05) is 25.3 Å². The summed E-state index contributed by atoms with van der Waals surface area (Å²) in [4.78, 5) is 12.1. The lowest BCUT2D eigenvalue weighted by atomic mass is 10.1. The molecule has 0 radical (unpaired) electrons. The molecule has 1 aliphatic heterocycles. The van der Waals surface area contributed by atoms with Crippen molar-refractivity contribution in [3.05, 3.63) is 48.0 Å². The van der Waals surface area contributed by atoms with Gasteiger partial charge in [0.1, 0.15) is 7.05 Å². The van der Waals surface area contributed by atoms with Gasteiger partial charge in [0.25, 0.3) is 11.7 Å². The van der Waals surface area contributed by atoms with E-state index in [1.807, 2.05) is 41.9 Å². The molecule has 0 saturated heterocycles. The summed E-state index contributed by atoms with van der Waals surface area (Å²) in [5.41, 5.74) is 1.61. The molecule has 108 valence electrons. The second kappa shape index (κ2) is 4.48. The normalized spacial score (nSPS) is 17.6. The maximum Gasteiger partial charge on any atom is 0.349 e. The van der Waals surface area contributed by atoms with Gasteiger partial charge < -0.3 is 14.6 Å². The Morgan fingerprint density at radius 3 is 2.62 bits per heavy atom. The number of aromatic nitrogens is 1. The summed E-state index contributed by atoms with van der Waals surface area (Å²) in [5.74, 6) is -2.17. The first-order valence-electron chi connectivity index (χ1n) is 6.62. The molecule has 0 bridgehead atoms. The van der Waals surface area contributed by atoms with Gasteiger partial charge in [-0.05, 0) is 12.1 Å². The third-order valence-corrected chi connectivity index (χ3v) is 3.35. The minimum absolute atomic E-state index is 0.0377. The predicted octanol–water partition coefficient (Wildman–Crippen LogP) is 2.20. The van der Waals surface area contributed by atoms with Crippen LogP contribution in [-0.4, -0.2) is 16.9 Å². The zero-order chi connectivity index (χ0) is 15.2. The van der Waals surface area contributed by atoms with Gasteiger partial charge in [-0.15, -0.1) is 0 Å². The highest BCUT2D eigenvalue weighted by Crippen LogP contribution is 2.31. The van der Waals surface area contributed by atoms with Crippen molar-refractivity contribution in [2.75, 3.05) is 0 Å². The first kappa shape index (κ1) is 13.4. The molecule has 0 saturated carbocycles. The van der Waals surface area contributed by atoms with Crippen LogP contribution in [-0.2, 0) is 21.3 Å². The first-order valence-corrected chi connectivity index (χ1v) is 6.62. The zero-order valence-corrected chi connectivity index (χ0v) is 12.1. The van der Waals surface area contributed by atoms with Crippen LogP contribution < -0.4 is 4.57 Å². The van der Waals surface area contributed by atoms with E-state index >= 15 is 0 Å². The number of hydrogen-bond donors (Lipinski definition) is 1. The van der Waals surface area contributed by atoms with Crippen molar-refractivity contribution in [2.45, 2.75) is 19.6 Å². The van der Waals surface area contributed by atoms with Crippen LogP contribution in [0.1, 0.15) is 19.4 Å². The number of para-hydroxylation sites is 1. The van der Waals surface area contributed by atoms with Crippen molar-refractivity contribution in [3.8, 4) is 0 Å². The molecule has 0 fully saturated rings. The Labute approximate surface area is 122 Å². The third-order valence-electron chi connectivity index (χ3n) is 3.35. The van der Waals surface area contributed by atoms with Gasteiger partial charge in [-0.3, -0.25) is 0 Å². The van der Waals surface area contributed by atoms with Crippen LogP contribution in [0.15, 0.2) is 42.5 Å². The third kappa shape index (κ3) is 2.31. The van der Waals surface area contributed by atoms with Crippen molar-refractivity contribution >= 4 is 22.4 Å². The number of benzene rings is 1. The monoisotopic (exact) mass is 286 g/mol. The highest BCUT2D eigenvalue weighted by molar-refractivity contribution is 6.17. The molecular weight excluding hydrogens is 270 g/mol. The van der Waals surface area contributed by atoms with E-state index in [0.29, 0.717) is 5.56 Å². The van der Waals surface area contributed by atoms with E-state index < -0.39 is 17.7 Å². The van der Waals surface area contributed by atoms with E-state index in [4.69, 9.17) is 9.47 Å². The molecule has 21 heavy (non-hydrogen) atoms. The SMILES string of the molecule is C[n+]1cc(C2=C(O)OC(C)(C)OC2=O)cc2ccccc21. The molecule has 1 aromatic carbocycles. The molecule has 0 amide bonds. The molecule has 1 N–H and O–H groups in total. The van der Waals surface area contributed by atoms with Crippen LogP contribution in [0.3, 0.4) is 0 Å². The lowest BCUT2D eigenvalue weighted by molar-refractivity contribution is -0.645. The number of pyridine rings is 1. The van der Waals surface area contributed by atoms with Crippen molar-refractivity contribution in [1.29, 1.82) is 0 Å². The second-order valence-electron chi connectivity index (χ2n) is 5.47. The number of fused-ring (bicyclic) bond motifs is 1. The largest absolute Gasteiger partial charge is 0.480 e. The number of ether oxygens (including phenoxy) is 2. The van der Waals surface area contributed by atoms with E-state index in [-0.39, 0.29) is 5.57 Å². The molecule has 0 atom stereocenters. The van der Waals surface area contributed by atoms with Crippen molar-refractivity contribution in [2.24, 2.45) is 7.05 Å². The van der Waals surface area contributed by atoms with Crippen LogP contribution in [0.2, 0.25) is 0 Å². The Bertz CT molecular complexity index is 777. The van der Waals surface area contributed by atoms with E-state index in [9.17, 15) is 9.90 Å². The number of aliphatic hydroxyl groups is 1. The van der Waals surface area contributed by atoms with E-state index in [0.717, 1.165) is 10.9 Å². The maximum absolute atomic E-state index is 12.1. The Balaban J connectivity index is 2.18. The van der Waals surface area contributed by atoms with Crippen LogP contribution in [0, 0.1) is 0 Å². The molecule has 1 aromatic heterocycles.